The first-order valence-corrected chi connectivity index (χ1v) is 8.37. The van der Waals surface area contributed by atoms with Crippen molar-refractivity contribution in [2.75, 3.05) is 0 Å². The average Bonchev–Trinajstić information content (AvgIpc) is 2.54. The molecule has 24 heavy (non-hydrogen) atoms. The quantitative estimate of drug-likeness (QED) is 0.667. The molecule has 0 saturated carbocycles. The molecule has 0 amide bonds. The van der Waals surface area contributed by atoms with Gasteiger partial charge in [-0.1, -0.05) is 36.4 Å². The zero-order chi connectivity index (χ0) is 16.9. The molecule has 3 heteroatoms. The molecule has 2 aromatic carbocycles. The lowest BCUT2D eigenvalue weighted by atomic mass is 9.83. The van der Waals surface area contributed by atoms with Gasteiger partial charge in [0.25, 0.3) is 0 Å². The second-order valence-electron chi connectivity index (χ2n) is 7.29. The molecule has 1 aliphatic rings. The molecule has 0 unspecified atom stereocenters. The third-order valence-corrected chi connectivity index (χ3v) is 4.75. The summed E-state index contributed by atoms with van der Waals surface area (Å²) in [6.45, 7) is 8.60. The second-order valence-corrected chi connectivity index (χ2v) is 7.29. The van der Waals surface area contributed by atoms with E-state index in [2.05, 4.69) is 80.4 Å². The molecular formula is C21H21N3. The predicted octanol–water partition coefficient (Wildman–Crippen LogP) is 4.42. The highest BCUT2D eigenvalue weighted by molar-refractivity contribution is 6.14. The fourth-order valence-corrected chi connectivity index (χ4v) is 3.52. The highest BCUT2D eigenvalue weighted by atomic mass is 15.1. The van der Waals surface area contributed by atoms with Crippen molar-refractivity contribution < 1.29 is 0 Å². The van der Waals surface area contributed by atoms with Gasteiger partial charge in [-0.05, 0) is 56.9 Å². The predicted molar refractivity (Wildman–Crippen MR) is 98.9 cm³/mol. The van der Waals surface area contributed by atoms with Crippen LogP contribution in [-0.2, 0) is 6.42 Å². The Morgan fingerprint density at radius 2 is 1.67 bits per heavy atom. The number of hydrogen-bond acceptors (Lipinski definition) is 3. The Labute approximate surface area is 142 Å². The Kier molecular flexibility index (Phi) is 3.27. The summed E-state index contributed by atoms with van der Waals surface area (Å²) in [5, 5.41) is 10.1. The maximum atomic E-state index is 5.01. The van der Waals surface area contributed by atoms with E-state index in [1.54, 1.807) is 0 Å². The third-order valence-electron chi connectivity index (χ3n) is 4.75. The van der Waals surface area contributed by atoms with Crippen LogP contribution in [0.15, 0.2) is 47.5 Å². The summed E-state index contributed by atoms with van der Waals surface area (Å²) in [5.74, 6) is 0. The van der Waals surface area contributed by atoms with Gasteiger partial charge in [0.05, 0.1) is 16.8 Å². The van der Waals surface area contributed by atoms with Crippen LogP contribution in [0.4, 0.5) is 0 Å². The largest absolute Gasteiger partial charge is 0.276 e. The lowest BCUT2D eigenvalue weighted by Crippen LogP contribution is -2.30. The van der Waals surface area contributed by atoms with Crippen LogP contribution < -0.4 is 0 Å². The summed E-state index contributed by atoms with van der Waals surface area (Å²) in [6, 6.07) is 14.8. The fraction of sp³-hybridized carbons (Fsp3) is 0.286. The number of nitrogens with zero attached hydrogens (tertiary/aromatic N) is 3. The number of fused-ring (bicyclic) bond motifs is 2. The van der Waals surface area contributed by atoms with E-state index < -0.39 is 0 Å². The molecule has 1 aromatic heterocycles. The number of rotatable bonds is 1. The van der Waals surface area contributed by atoms with E-state index in [9.17, 15) is 0 Å². The second kappa shape index (κ2) is 5.23. The molecule has 0 bridgehead atoms. The van der Waals surface area contributed by atoms with E-state index >= 15 is 0 Å². The third kappa shape index (κ3) is 2.41. The minimum atomic E-state index is -0.127. The van der Waals surface area contributed by atoms with Crippen molar-refractivity contribution in [2.45, 2.75) is 39.7 Å². The van der Waals surface area contributed by atoms with Gasteiger partial charge in [0.1, 0.15) is 5.69 Å². The van der Waals surface area contributed by atoms with E-state index in [0.29, 0.717) is 0 Å². The molecular weight excluding hydrogens is 294 g/mol. The van der Waals surface area contributed by atoms with Crippen molar-refractivity contribution >= 4 is 16.6 Å². The lowest BCUT2D eigenvalue weighted by molar-refractivity contribution is 0.512. The Balaban J connectivity index is 1.95. The number of hydrogen-bond donors (Lipinski definition) is 0. The molecule has 3 aromatic rings. The van der Waals surface area contributed by atoms with Crippen molar-refractivity contribution in [1.29, 1.82) is 0 Å². The summed E-state index contributed by atoms with van der Waals surface area (Å²) in [5.41, 5.74) is 7.67. The SMILES string of the molecule is Cc1cccc2c1CC(C)(C)N=C2c1cc2cccc(C)c2nn1. The van der Waals surface area contributed by atoms with Crippen LogP contribution in [0.2, 0.25) is 0 Å². The van der Waals surface area contributed by atoms with Gasteiger partial charge in [-0.25, -0.2) is 0 Å². The maximum Gasteiger partial charge on any atom is 0.112 e. The van der Waals surface area contributed by atoms with Gasteiger partial charge in [0.15, 0.2) is 0 Å². The van der Waals surface area contributed by atoms with Crippen LogP contribution in [-0.4, -0.2) is 21.4 Å². The zero-order valence-corrected chi connectivity index (χ0v) is 14.6. The van der Waals surface area contributed by atoms with Crippen molar-refractivity contribution in [2.24, 2.45) is 4.99 Å². The van der Waals surface area contributed by atoms with Crippen molar-refractivity contribution in [3.05, 3.63) is 70.4 Å². The molecule has 0 aliphatic carbocycles. The topological polar surface area (TPSA) is 38.1 Å². The molecule has 0 radical (unpaired) electrons. The van der Waals surface area contributed by atoms with Gasteiger partial charge in [-0.3, -0.25) is 4.99 Å². The standard InChI is InChI=1S/C21H21N3/c1-13-7-6-10-16-17(13)12-21(3,4)22-20(16)18-11-15-9-5-8-14(2)19(15)24-23-18/h5-11H,12H2,1-4H3. The molecule has 3 nitrogen and oxygen atoms in total. The Morgan fingerprint density at radius 3 is 2.50 bits per heavy atom. The van der Waals surface area contributed by atoms with Gasteiger partial charge in [0.2, 0.25) is 0 Å². The first-order valence-electron chi connectivity index (χ1n) is 8.37. The van der Waals surface area contributed by atoms with Crippen LogP contribution in [0.25, 0.3) is 10.9 Å². The molecule has 2 heterocycles. The minimum absolute atomic E-state index is 0.127. The summed E-state index contributed by atoms with van der Waals surface area (Å²) in [6.07, 6.45) is 0.957. The number of aryl methyl sites for hydroxylation is 2. The van der Waals surface area contributed by atoms with E-state index in [-0.39, 0.29) is 5.54 Å². The molecule has 1 aliphatic heterocycles. The highest BCUT2D eigenvalue weighted by Gasteiger charge is 2.29. The van der Waals surface area contributed by atoms with Gasteiger partial charge in [-0.15, -0.1) is 10.2 Å². The highest BCUT2D eigenvalue weighted by Crippen LogP contribution is 2.31. The summed E-state index contributed by atoms with van der Waals surface area (Å²) in [7, 11) is 0. The number of aliphatic imine (C=N–C) groups is 1. The van der Waals surface area contributed by atoms with Gasteiger partial charge in [-0.2, -0.15) is 0 Å². The van der Waals surface area contributed by atoms with E-state index in [1.807, 2.05) is 0 Å². The average molecular weight is 315 g/mol. The minimum Gasteiger partial charge on any atom is -0.276 e. The van der Waals surface area contributed by atoms with E-state index in [1.165, 1.54) is 16.7 Å². The van der Waals surface area contributed by atoms with Crippen molar-refractivity contribution in [3.8, 4) is 0 Å². The fourth-order valence-electron chi connectivity index (χ4n) is 3.52. The zero-order valence-electron chi connectivity index (χ0n) is 14.6. The van der Waals surface area contributed by atoms with Gasteiger partial charge < -0.3 is 0 Å². The normalized spacial score (nSPS) is 15.9. The van der Waals surface area contributed by atoms with E-state index in [0.717, 1.165) is 34.3 Å². The Bertz CT molecular complexity index is 984. The number of aromatic nitrogens is 2. The number of benzene rings is 2. The van der Waals surface area contributed by atoms with Crippen LogP contribution >= 0.6 is 0 Å². The molecule has 120 valence electrons. The monoisotopic (exact) mass is 315 g/mol. The lowest BCUT2D eigenvalue weighted by Gasteiger charge is -2.30. The van der Waals surface area contributed by atoms with Crippen LogP contribution in [0.5, 0.6) is 0 Å². The Morgan fingerprint density at radius 1 is 0.917 bits per heavy atom. The summed E-state index contributed by atoms with van der Waals surface area (Å²) in [4.78, 5) is 5.01. The first kappa shape index (κ1) is 15.0. The molecule has 4 rings (SSSR count). The van der Waals surface area contributed by atoms with Crippen molar-refractivity contribution in [1.82, 2.24) is 10.2 Å². The van der Waals surface area contributed by atoms with Crippen LogP contribution in [0.1, 0.15) is 41.8 Å². The van der Waals surface area contributed by atoms with Crippen LogP contribution in [0.3, 0.4) is 0 Å². The summed E-state index contributed by atoms with van der Waals surface area (Å²) < 4.78 is 0. The molecule has 0 saturated heterocycles. The first-order chi connectivity index (χ1) is 11.4. The van der Waals surface area contributed by atoms with Gasteiger partial charge in [0, 0.05) is 10.9 Å². The molecule has 0 atom stereocenters. The Hall–Kier alpha value is -2.55. The molecule has 0 N–H and O–H groups in total. The molecule has 0 fully saturated rings. The van der Waals surface area contributed by atoms with Crippen LogP contribution in [0, 0.1) is 13.8 Å². The summed E-state index contributed by atoms with van der Waals surface area (Å²) >= 11 is 0. The van der Waals surface area contributed by atoms with E-state index in [4.69, 9.17) is 4.99 Å². The van der Waals surface area contributed by atoms with Crippen molar-refractivity contribution in [3.63, 3.8) is 0 Å². The van der Waals surface area contributed by atoms with Gasteiger partial charge >= 0.3 is 0 Å². The molecule has 0 spiro atoms. The smallest absolute Gasteiger partial charge is 0.112 e. The maximum absolute atomic E-state index is 5.01.